The van der Waals surface area contributed by atoms with E-state index in [9.17, 15) is 14.4 Å². The molecular weight excluding hydrogens is 350 g/mol. The molecule has 0 saturated heterocycles. The van der Waals surface area contributed by atoms with Crippen LogP contribution in [-0.4, -0.2) is 31.2 Å². The molecule has 2 amide bonds. The van der Waals surface area contributed by atoms with Gasteiger partial charge in [-0.15, -0.1) is 22.7 Å². The zero-order chi connectivity index (χ0) is 17.3. The molecular formula is C16H13NO5S2. The number of amides is 2. The molecule has 1 N–H and O–H groups in total. The number of hydrogen-bond acceptors (Lipinski definition) is 7. The lowest BCUT2D eigenvalue weighted by Crippen LogP contribution is -2.39. The van der Waals surface area contributed by atoms with Crippen LogP contribution in [-0.2, 0) is 14.3 Å². The van der Waals surface area contributed by atoms with Crippen molar-refractivity contribution in [2.24, 2.45) is 0 Å². The van der Waals surface area contributed by atoms with Crippen LogP contribution in [0.1, 0.15) is 16.6 Å². The molecule has 8 heteroatoms. The average molecular weight is 363 g/mol. The van der Waals surface area contributed by atoms with Gasteiger partial charge >= 0.3 is 12.1 Å². The molecule has 0 aliphatic heterocycles. The number of rotatable bonds is 3. The van der Waals surface area contributed by atoms with E-state index in [4.69, 9.17) is 4.74 Å². The molecule has 0 saturated carbocycles. The van der Waals surface area contributed by atoms with Crippen LogP contribution in [0, 0.1) is 0 Å². The van der Waals surface area contributed by atoms with Gasteiger partial charge in [-0.1, -0.05) is 18.2 Å². The van der Waals surface area contributed by atoms with E-state index >= 15 is 0 Å². The first kappa shape index (κ1) is 16.4. The van der Waals surface area contributed by atoms with Crippen molar-refractivity contribution >= 4 is 60.1 Å². The van der Waals surface area contributed by atoms with E-state index in [2.05, 4.69) is 4.74 Å². The standard InChI is InChI=1S/C16H13NO5S2/c1-8(14(18)17-16(20)21-2)22-15(19)12-7-11-13(24-12)9-5-3-4-6-10(9)23-11/h3-8H,1-2H3,(H,17,18,20)/t8-/m0/s1. The Morgan fingerprint density at radius 1 is 1.12 bits per heavy atom. The van der Waals surface area contributed by atoms with Crippen molar-refractivity contribution < 1.29 is 23.9 Å². The van der Waals surface area contributed by atoms with Crippen molar-refractivity contribution in [2.45, 2.75) is 13.0 Å². The van der Waals surface area contributed by atoms with Crippen molar-refractivity contribution in [3.63, 3.8) is 0 Å². The molecule has 0 aliphatic rings. The van der Waals surface area contributed by atoms with E-state index in [0.29, 0.717) is 4.88 Å². The van der Waals surface area contributed by atoms with Crippen molar-refractivity contribution in [1.82, 2.24) is 5.32 Å². The normalized spacial score (nSPS) is 12.1. The maximum absolute atomic E-state index is 12.2. The Kier molecular flexibility index (Phi) is 4.50. The summed E-state index contributed by atoms with van der Waals surface area (Å²) in [5.74, 6) is -1.33. The molecule has 6 nitrogen and oxygen atoms in total. The number of ether oxygens (including phenoxy) is 2. The van der Waals surface area contributed by atoms with Crippen LogP contribution >= 0.6 is 22.7 Å². The third kappa shape index (κ3) is 3.10. The Balaban J connectivity index is 1.76. The number of alkyl carbamates (subject to hydrolysis) is 1. The largest absolute Gasteiger partial charge is 0.453 e. The quantitative estimate of drug-likeness (QED) is 0.720. The SMILES string of the molecule is COC(=O)NC(=O)[C@H](C)OC(=O)c1cc2sc3ccccc3c2s1. The minimum atomic E-state index is -1.10. The fraction of sp³-hybridized carbons (Fsp3) is 0.188. The minimum absolute atomic E-state index is 0.416. The van der Waals surface area contributed by atoms with Crippen LogP contribution in [0.3, 0.4) is 0 Å². The van der Waals surface area contributed by atoms with Gasteiger partial charge in [-0.05, 0) is 19.1 Å². The Morgan fingerprint density at radius 2 is 1.88 bits per heavy atom. The summed E-state index contributed by atoms with van der Waals surface area (Å²) in [5.41, 5.74) is 0. The van der Waals surface area contributed by atoms with Gasteiger partial charge in [0.1, 0.15) is 4.88 Å². The molecule has 0 spiro atoms. The van der Waals surface area contributed by atoms with Crippen molar-refractivity contribution in [1.29, 1.82) is 0 Å². The number of methoxy groups -OCH3 is 1. The molecule has 0 fully saturated rings. The lowest BCUT2D eigenvalue weighted by molar-refractivity contribution is -0.128. The van der Waals surface area contributed by atoms with E-state index in [1.165, 1.54) is 18.3 Å². The molecule has 0 aliphatic carbocycles. The third-order valence-electron chi connectivity index (χ3n) is 3.31. The highest BCUT2D eigenvalue weighted by molar-refractivity contribution is 7.33. The number of nitrogens with one attached hydrogen (secondary N) is 1. The molecule has 1 atom stereocenters. The van der Waals surface area contributed by atoms with Gasteiger partial charge in [-0.2, -0.15) is 0 Å². The molecule has 2 heterocycles. The highest BCUT2D eigenvalue weighted by Gasteiger charge is 2.23. The van der Waals surface area contributed by atoms with Crippen LogP contribution in [0.25, 0.3) is 19.5 Å². The number of benzene rings is 1. The van der Waals surface area contributed by atoms with E-state index in [1.54, 1.807) is 17.4 Å². The first-order valence-electron chi connectivity index (χ1n) is 7.00. The van der Waals surface area contributed by atoms with Crippen LogP contribution in [0.2, 0.25) is 0 Å². The summed E-state index contributed by atoms with van der Waals surface area (Å²) in [4.78, 5) is 35.3. The lowest BCUT2D eigenvalue weighted by Gasteiger charge is -2.11. The van der Waals surface area contributed by atoms with Gasteiger partial charge in [0, 0.05) is 14.8 Å². The fourth-order valence-electron chi connectivity index (χ4n) is 2.13. The Labute approximate surface area is 145 Å². The van der Waals surface area contributed by atoms with E-state index in [1.807, 2.05) is 29.6 Å². The molecule has 0 bridgehead atoms. The van der Waals surface area contributed by atoms with Crippen LogP contribution in [0.5, 0.6) is 0 Å². The average Bonchev–Trinajstić information content (AvgIpc) is 3.12. The summed E-state index contributed by atoms with van der Waals surface area (Å²) in [6, 6.07) is 9.72. The first-order valence-corrected chi connectivity index (χ1v) is 8.63. The third-order valence-corrected chi connectivity index (χ3v) is 5.71. The topological polar surface area (TPSA) is 81.7 Å². The number of thiophene rings is 2. The van der Waals surface area contributed by atoms with Gasteiger partial charge in [-0.3, -0.25) is 10.1 Å². The molecule has 3 rings (SSSR count). The van der Waals surface area contributed by atoms with Crippen LogP contribution in [0.4, 0.5) is 4.79 Å². The van der Waals surface area contributed by atoms with Gasteiger partial charge < -0.3 is 9.47 Å². The molecule has 24 heavy (non-hydrogen) atoms. The minimum Gasteiger partial charge on any atom is -0.453 e. The number of carbonyl (C=O) groups is 3. The second-order valence-electron chi connectivity index (χ2n) is 4.93. The highest BCUT2D eigenvalue weighted by atomic mass is 32.1. The second kappa shape index (κ2) is 6.58. The number of fused-ring (bicyclic) bond motifs is 3. The van der Waals surface area contributed by atoms with Gasteiger partial charge in [0.15, 0.2) is 6.10 Å². The van der Waals surface area contributed by atoms with E-state index in [-0.39, 0.29) is 0 Å². The zero-order valence-electron chi connectivity index (χ0n) is 12.8. The predicted molar refractivity (Wildman–Crippen MR) is 92.6 cm³/mol. The van der Waals surface area contributed by atoms with Crippen molar-refractivity contribution in [2.75, 3.05) is 7.11 Å². The first-order chi connectivity index (χ1) is 11.5. The van der Waals surface area contributed by atoms with E-state index in [0.717, 1.165) is 26.6 Å². The summed E-state index contributed by atoms with van der Waals surface area (Å²) >= 11 is 2.92. The van der Waals surface area contributed by atoms with Crippen LogP contribution in [0.15, 0.2) is 30.3 Å². The summed E-state index contributed by atoms with van der Waals surface area (Å²) in [7, 11) is 1.14. The van der Waals surface area contributed by atoms with Gasteiger partial charge in [-0.25, -0.2) is 9.59 Å². The molecule has 124 valence electrons. The van der Waals surface area contributed by atoms with Crippen molar-refractivity contribution in [3.05, 3.63) is 35.2 Å². The zero-order valence-corrected chi connectivity index (χ0v) is 14.5. The van der Waals surface area contributed by atoms with Gasteiger partial charge in [0.2, 0.25) is 0 Å². The maximum Gasteiger partial charge on any atom is 0.413 e. The summed E-state index contributed by atoms with van der Waals surface area (Å²) < 4.78 is 12.6. The Hall–Kier alpha value is -2.45. The molecule has 3 aromatic rings. The molecule has 1 aromatic carbocycles. The molecule has 0 radical (unpaired) electrons. The number of esters is 1. The maximum atomic E-state index is 12.2. The smallest absolute Gasteiger partial charge is 0.413 e. The Bertz CT molecular complexity index is 942. The van der Waals surface area contributed by atoms with Crippen molar-refractivity contribution in [3.8, 4) is 0 Å². The number of carbonyl (C=O) groups excluding carboxylic acids is 3. The number of imide groups is 1. The molecule has 2 aromatic heterocycles. The lowest BCUT2D eigenvalue weighted by atomic mass is 10.2. The summed E-state index contributed by atoms with van der Waals surface area (Å²) in [6.45, 7) is 1.39. The van der Waals surface area contributed by atoms with Gasteiger partial charge in [0.05, 0.1) is 11.8 Å². The number of hydrogen-bond donors (Lipinski definition) is 1. The molecule has 0 unspecified atom stereocenters. The highest BCUT2D eigenvalue weighted by Crippen LogP contribution is 2.39. The Morgan fingerprint density at radius 3 is 2.62 bits per heavy atom. The van der Waals surface area contributed by atoms with E-state index < -0.39 is 24.1 Å². The summed E-state index contributed by atoms with van der Waals surface area (Å²) in [5, 5.41) is 3.06. The van der Waals surface area contributed by atoms with Gasteiger partial charge in [0.25, 0.3) is 5.91 Å². The summed E-state index contributed by atoms with van der Waals surface area (Å²) in [6.07, 6.45) is -2.00. The monoisotopic (exact) mass is 363 g/mol. The second-order valence-corrected chi connectivity index (χ2v) is 7.07. The van der Waals surface area contributed by atoms with Crippen LogP contribution < -0.4 is 5.32 Å². The predicted octanol–water partition coefficient (Wildman–Crippen LogP) is 3.54. The fourth-order valence-corrected chi connectivity index (χ4v) is 4.53.